The van der Waals surface area contributed by atoms with Gasteiger partial charge in [0.25, 0.3) is 0 Å². The fraction of sp³-hybridized carbons (Fsp3) is 0.333. The van der Waals surface area contributed by atoms with Crippen molar-refractivity contribution in [2.45, 2.75) is 32.5 Å². The first kappa shape index (κ1) is 18.6. The zero-order valence-corrected chi connectivity index (χ0v) is 15.1. The van der Waals surface area contributed by atoms with E-state index in [9.17, 15) is 9.90 Å². The Bertz CT molecular complexity index is 925. The van der Waals surface area contributed by atoms with Gasteiger partial charge in [-0.25, -0.2) is 9.78 Å². The van der Waals surface area contributed by atoms with Crippen LogP contribution in [0, 0.1) is 0 Å². The minimum Gasteiger partial charge on any atom is -0.480 e. The van der Waals surface area contributed by atoms with E-state index in [0.29, 0.717) is 23.5 Å². The van der Waals surface area contributed by atoms with Crippen molar-refractivity contribution < 1.29 is 15.0 Å². The van der Waals surface area contributed by atoms with Gasteiger partial charge in [-0.05, 0) is 19.4 Å². The molecule has 0 radical (unpaired) electrons. The van der Waals surface area contributed by atoms with E-state index in [0.717, 1.165) is 5.56 Å². The molecule has 2 heterocycles. The molecule has 3 rings (SSSR count). The maximum Gasteiger partial charge on any atom is 0.328 e. The zero-order chi connectivity index (χ0) is 19.4. The highest BCUT2D eigenvalue weighted by Crippen LogP contribution is 2.24. The number of nitrogens with zero attached hydrogens (tertiary/aromatic N) is 4. The summed E-state index contributed by atoms with van der Waals surface area (Å²) in [5.74, 6) is -0.577. The molecule has 9 nitrogen and oxygen atoms in total. The molecule has 1 aromatic carbocycles. The van der Waals surface area contributed by atoms with Gasteiger partial charge in [-0.1, -0.05) is 30.3 Å². The molecule has 0 saturated carbocycles. The number of imidazole rings is 1. The van der Waals surface area contributed by atoms with Crippen molar-refractivity contribution in [1.82, 2.24) is 19.5 Å². The molecule has 142 valence electrons. The van der Waals surface area contributed by atoms with E-state index in [2.05, 4.69) is 25.6 Å². The SMILES string of the molecule is CC(C)n1cnc2c(NCc3ccccc3)nc(N[C@@H](CO)C(=O)O)nc21. The van der Waals surface area contributed by atoms with Gasteiger partial charge in [0.1, 0.15) is 0 Å². The molecule has 0 bridgehead atoms. The van der Waals surface area contributed by atoms with Gasteiger partial charge >= 0.3 is 5.97 Å². The van der Waals surface area contributed by atoms with Crippen LogP contribution in [0.3, 0.4) is 0 Å². The lowest BCUT2D eigenvalue weighted by molar-refractivity contribution is -0.138. The Morgan fingerprint density at radius 1 is 1.22 bits per heavy atom. The fourth-order valence-corrected chi connectivity index (χ4v) is 2.61. The third kappa shape index (κ3) is 4.14. The average molecular weight is 370 g/mol. The number of carboxylic acids is 1. The Balaban J connectivity index is 1.98. The standard InChI is InChI=1S/C18H22N6O3/c1-11(2)24-10-20-14-15(19-8-12-6-4-3-5-7-12)22-18(23-16(14)24)21-13(9-25)17(26)27/h3-7,10-11,13,25H,8-9H2,1-2H3,(H,26,27)(H2,19,21,22,23)/t13-/m0/s1. The van der Waals surface area contributed by atoms with Gasteiger partial charge in [0.15, 0.2) is 23.0 Å². The highest BCUT2D eigenvalue weighted by Gasteiger charge is 2.20. The summed E-state index contributed by atoms with van der Waals surface area (Å²) in [6, 6.07) is 8.75. The Kier molecular flexibility index (Phi) is 5.51. The first-order chi connectivity index (χ1) is 13.0. The highest BCUT2D eigenvalue weighted by molar-refractivity contribution is 5.85. The molecule has 27 heavy (non-hydrogen) atoms. The van der Waals surface area contributed by atoms with Crippen LogP contribution >= 0.6 is 0 Å². The number of aliphatic hydroxyl groups is 1. The predicted octanol–water partition coefficient (Wildman–Crippen LogP) is 1.88. The van der Waals surface area contributed by atoms with E-state index < -0.39 is 18.6 Å². The number of anilines is 2. The number of carboxylic acid groups (broad SMARTS) is 1. The van der Waals surface area contributed by atoms with Gasteiger partial charge in [0.05, 0.1) is 12.9 Å². The van der Waals surface area contributed by atoms with Gasteiger partial charge in [-0.3, -0.25) is 0 Å². The van der Waals surface area contributed by atoms with Crippen molar-refractivity contribution in [1.29, 1.82) is 0 Å². The number of hydrogen-bond acceptors (Lipinski definition) is 7. The number of fused-ring (bicyclic) bond motifs is 1. The second-order valence-corrected chi connectivity index (χ2v) is 6.37. The number of rotatable bonds is 8. The first-order valence-corrected chi connectivity index (χ1v) is 8.62. The van der Waals surface area contributed by atoms with Crippen LogP contribution in [0.1, 0.15) is 25.5 Å². The monoisotopic (exact) mass is 370 g/mol. The van der Waals surface area contributed by atoms with Gasteiger partial charge in [-0.2, -0.15) is 9.97 Å². The average Bonchev–Trinajstić information content (AvgIpc) is 3.09. The van der Waals surface area contributed by atoms with Crippen LogP contribution in [0.25, 0.3) is 11.2 Å². The van der Waals surface area contributed by atoms with Gasteiger partial charge in [0, 0.05) is 12.6 Å². The molecule has 3 aromatic rings. The summed E-state index contributed by atoms with van der Waals surface area (Å²) in [6.07, 6.45) is 1.68. The van der Waals surface area contributed by atoms with E-state index in [1.54, 1.807) is 6.33 Å². The molecular formula is C18H22N6O3. The minimum atomic E-state index is -1.19. The summed E-state index contributed by atoms with van der Waals surface area (Å²) in [5, 5.41) is 24.3. The largest absolute Gasteiger partial charge is 0.480 e. The molecule has 0 unspecified atom stereocenters. The molecule has 4 N–H and O–H groups in total. The molecule has 0 aliphatic heterocycles. The lowest BCUT2D eigenvalue weighted by Crippen LogP contribution is -2.33. The molecule has 1 atom stereocenters. The van der Waals surface area contributed by atoms with Crippen LogP contribution in [0.2, 0.25) is 0 Å². The second kappa shape index (κ2) is 8.00. The van der Waals surface area contributed by atoms with Crippen molar-refractivity contribution in [3.63, 3.8) is 0 Å². The van der Waals surface area contributed by atoms with Crippen molar-refractivity contribution in [3.05, 3.63) is 42.2 Å². The molecule has 2 aromatic heterocycles. The number of benzene rings is 1. The first-order valence-electron chi connectivity index (χ1n) is 8.62. The maximum atomic E-state index is 11.2. The number of hydrogen-bond donors (Lipinski definition) is 4. The van der Waals surface area contributed by atoms with Crippen molar-refractivity contribution in [2.24, 2.45) is 0 Å². The van der Waals surface area contributed by atoms with Crippen LogP contribution < -0.4 is 10.6 Å². The van der Waals surface area contributed by atoms with E-state index >= 15 is 0 Å². The Morgan fingerprint density at radius 2 is 1.96 bits per heavy atom. The van der Waals surface area contributed by atoms with Gasteiger partial charge in [-0.15, -0.1) is 0 Å². The molecule has 0 amide bonds. The number of carbonyl (C=O) groups is 1. The van der Waals surface area contributed by atoms with Crippen LogP contribution in [0.4, 0.5) is 11.8 Å². The zero-order valence-electron chi connectivity index (χ0n) is 15.1. The fourth-order valence-electron chi connectivity index (χ4n) is 2.61. The molecule has 0 aliphatic rings. The molecule has 0 fully saturated rings. The quantitative estimate of drug-likeness (QED) is 0.474. The van der Waals surface area contributed by atoms with Crippen molar-refractivity contribution in [3.8, 4) is 0 Å². The predicted molar refractivity (Wildman–Crippen MR) is 102 cm³/mol. The lowest BCUT2D eigenvalue weighted by Gasteiger charge is -2.14. The van der Waals surface area contributed by atoms with Crippen molar-refractivity contribution >= 4 is 28.9 Å². The summed E-state index contributed by atoms with van der Waals surface area (Å²) in [5.41, 5.74) is 2.25. The maximum absolute atomic E-state index is 11.2. The van der Waals surface area contributed by atoms with Crippen molar-refractivity contribution in [2.75, 3.05) is 17.2 Å². The smallest absolute Gasteiger partial charge is 0.328 e. The Labute approximate surface area is 156 Å². The van der Waals surface area contributed by atoms with Gasteiger partial charge < -0.3 is 25.4 Å². The number of aromatic nitrogens is 4. The molecular weight excluding hydrogens is 348 g/mol. The van der Waals surface area contributed by atoms with E-state index in [-0.39, 0.29) is 12.0 Å². The third-order valence-corrected chi connectivity index (χ3v) is 4.06. The van der Waals surface area contributed by atoms with E-state index in [4.69, 9.17) is 5.11 Å². The topological polar surface area (TPSA) is 125 Å². The number of nitrogens with one attached hydrogen (secondary N) is 2. The molecule has 0 saturated heterocycles. The van der Waals surface area contributed by atoms with E-state index in [1.165, 1.54) is 0 Å². The highest BCUT2D eigenvalue weighted by atomic mass is 16.4. The molecule has 0 spiro atoms. The third-order valence-electron chi connectivity index (χ3n) is 4.06. The van der Waals surface area contributed by atoms with Crippen LogP contribution in [0.15, 0.2) is 36.7 Å². The summed E-state index contributed by atoms with van der Waals surface area (Å²) >= 11 is 0. The summed E-state index contributed by atoms with van der Waals surface area (Å²) < 4.78 is 1.88. The number of aliphatic hydroxyl groups excluding tert-OH is 1. The van der Waals surface area contributed by atoms with Crippen LogP contribution in [0.5, 0.6) is 0 Å². The summed E-state index contributed by atoms with van der Waals surface area (Å²) in [4.78, 5) is 24.4. The number of aliphatic carboxylic acids is 1. The minimum absolute atomic E-state index is 0.113. The van der Waals surface area contributed by atoms with Crippen LogP contribution in [-0.4, -0.2) is 48.4 Å². The Hall–Kier alpha value is -3.20. The Morgan fingerprint density at radius 3 is 2.59 bits per heavy atom. The van der Waals surface area contributed by atoms with Crippen LogP contribution in [-0.2, 0) is 11.3 Å². The van der Waals surface area contributed by atoms with Gasteiger partial charge in [0.2, 0.25) is 5.95 Å². The molecule has 0 aliphatic carbocycles. The van der Waals surface area contributed by atoms with E-state index in [1.807, 2.05) is 48.7 Å². The molecule has 9 heteroatoms. The summed E-state index contributed by atoms with van der Waals surface area (Å²) in [7, 11) is 0. The lowest BCUT2D eigenvalue weighted by atomic mass is 10.2. The second-order valence-electron chi connectivity index (χ2n) is 6.37. The summed E-state index contributed by atoms with van der Waals surface area (Å²) in [6.45, 7) is 3.96. The normalized spacial score (nSPS) is 12.3.